The van der Waals surface area contributed by atoms with E-state index < -0.39 is 5.60 Å². The molecule has 1 N–H and O–H groups in total. The summed E-state index contributed by atoms with van der Waals surface area (Å²) in [6.07, 6.45) is 3.36. The molecule has 2 aliphatic rings. The summed E-state index contributed by atoms with van der Waals surface area (Å²) in [4.78, 5) is 11.2. The fraction of sp³-hybridized carbons (Fsp3) is 0.583. The van der Waals surface area contributed by atoms with Crippen LogP contribution in [0.3, 0.4) is 0 Å². The number of aryl methyl sites for hydroxylation is 1. The first kappa shape index (κ1) is 21.8. The van der Waals surface area contributed by atoms with Crippen LogP contribution in [-0.2, 0) is 12.1 Å². The Hall–Kier alpha value is -2.38. The van der Waals surface area contributed by atoms with Gasteiger partial charge in [0.15, 0.2) is 0 Å². The van der Waals surface area contributed by atoms with E-state index in [-0.39, 0.29) is 11.9 Å². The van der Waals surface area contributed by atoms with Gasteiger partial charge < -0.3 is 19.3 Å². The molecule has 2 aromatic rings. The van der Waals surface area contributed by atoms with Gasteiger partial charge in [-0.05, 0) is 45.6 Å². The molecule has 1 aliphatic heterocycles. The van der Waals surface area contributed by atoms with Crippen molar-refractivity contribution >= 4 is 0 Å². The van der Waals surface area contributed by atoms with Crippen LogP contribution in [0.1, 0.15) is 43.4 Å². The van der Waals surface area contributed by atoms with Gasteiger partial charge in [-0.3, -0.25) is 4.90 Å². The monoisotopic (exact) mass is 427 g/mol. The molecule has 0 amide bonds. The highest BCUT2D eigenvalue weighted by atomic mass is 16.5. The Bertz CT molecular complexity index is 922. The van der Waals surface area contributed by atoms with E-state index in [1.165, 1.54) is 11.1 Å². The van der Waals surface area contributed by atoms with Crippen molar-refractivity contribution in [3.63, 3.8) is 0 Å². The van der Waals surface area contributed by atoms with Crippen LogP contribution >= 0.6 is 0 Å². The van der Waals surface area contributed by atoms with Gasteiger partial charge in [-0.15, -0.1) is 0 Å². The fourth-order valence-electron chi connectivity index (χ4n) is 5.21. The fourth-order valence-corrected chi connectivity index (χ4v) is 5.21. The second-order valence-corrected chi connectivity index (χ2v) is 8.58. The zero-order valence-corrected chi connectivity index (χ0v) is 18.9. The molecule has 3 atom stereocenters. The number of ether oxygens (including phenoxy) is 3. The standard InChI is InChI=1S/C24H33N3O4/c1-5-30-22-19(12-25-23(26-22)31-6-2)24(28)10-9-17-13-27(15-20(17)24)14-18-11-16(3)7-8-21(18)29-4/h7-8,11-12,17,20,28H,5-6,9-10,13-15H2,1-4H3/t17-,20-,24-/m1/s1. The molecular formula is C24H33N3O4. The molecule has 0 radical (unpaired) electrons. The van der Waals surface area contributed by atoms with Crippen molar-refractivity contribution in [3.8, 4) is 17.6 Å². The molecule has 7 heteroatoms. The Morgan fingerprint density at radius 2 is 2.00 bits per heavy atom. The Morgan fingerprint density at radius 1 is 1.19 bits per heavy atom. The second-order valence-electron chi connectivity index (χ2n) is 8.58. The van der Waals surface area contributed by atoms with Crippen molar-refractivity contribution in [1.29, 1.82) is 0 Å². The minimum atomic E-state index is -0.995. The molecule has 7 nitrogen and oxygen atoms in total. The summed E-state index contributed by atoms with van der Waals surface area (Å²) in [6, 6.07) is 6.57. The number of nitrogens with zero attached hydrogens (tertiary/aromatic N) is 3. The normalized spacial score (nSPS) is 25.5. The second kappa shape index (κ2) is 9.01. The molecule has 168 valence electrons. The number of aromatic nitrogens is 2. The highest BCUT2D eigenvalue weighted by molar-refractivity contribution is 5.37. The van der Waals surface area contributed by atoms with E-state index in [1.54, 1.807) is 13.3 Å². The van der Waals surface area contributed by atoms with Gasteiger partial charge in [0.2, 0.25) is 5.88 Å². The number of likely N-dealkylation sites (tertiary alicyclic amines) is 1. The molecule has 2 fully saturated rings. The van der Waals surface area contributed by atoms with E-state index in [0.29, 0.717) is 37.0 Å². The summed E-state index contributed by atoms with van der Waals surface area (Å²) in [5.74, 6) is 1.89. The molecule has 0 bridgehead atoms. The van der Waals surface area contributed by atoms with E-state index in [1.807, 2.05) is 19.9 Å². The van der Waals surface area contributed by atoms with Crippen molar-refractivity contribution in [1.82, 2.24) is 14.9 Å². The van der Waals surface area contributed by atoms with Gasteiger partial charge in [-0.1, -0.05) is 17.7 Å². The Balaban J connectivity index is 1.57. The van der Waals surface area contributed by atoms with Crippen LogP contribution in [0.5, 0.6) is 17.6 Å². The summed E-state index contributed by atoms with van der Waals surface area (Å²) >= 11 is 0. The molecule has 1 aromatic carbocycles. The predicted octanol–water partition coefficient (Wildman–Crippen LogP) is 3.32. The summed E-state index contributed by atoms with van der Waals surface area (Å²) in [7, 11) is 1.72. The lowest BCUT2D eigenvalue weighted by molar-refractivity contribution is -0.0102. The van der Waals surface area contributed by atoms with Crippen molar-refractivity contribution in [2.24, 2.45) is 11.8 Å². The maximum atomic E-state index is 11.8. The average Bonchev–Trinajstić information content (AvgIpc) is 3.29. The summed E-state index contributed by atoms with van der Waals surface area (Å²) in [6.45, 7) is 9.45. The van der Waals surface area contributed by atoms with Crippen LogP contribution in [0, 0.1) is 18.8 Å². The van der Waals surface area contributed by atoms with Gasteiger partial charge in [0.1, 0.15) is 11.4 Å². The molecular weight excluding hydrogens is 394 g/mol. The van der Waals surface area contributed by atoms with Crippen LogP contribution in [0.4, 0.5) is 0 Å². The van der Waals surface area contributed by atoms with E-state index in [2.05, 4.69) is 33.9 Å². The zero-order valence-electron chi connectivity index (χ0n) is 18.9. The highest BCUT2D eigenvalue weighted by Gasteiger charge is 2.54. The minimum Gasteiger partial charge on any atom is -0.496 e. The third-order valence-electron chi connectivity index (χ3n) is 6.61. The Morgan fingerprint density at radius 3 is 2.74 bits per heavy atom. The molecule has 0 spiro atoms. The van der Waals surface area contributed by atoms with Crippen molar-refractivity contribution in [2.75, 3.05) is 33.4 Å². The van der Waals surface area contributed by atoms with Crippen molar-refractivity contribution < 1.29 is 19.3 Å². The third kappa shape index (κ3) is 4.21. The number of methoxy groups -OCH3 is 1. The number of rotatable bonds is 8. The molecule has 1 saturated carbocycles. The van der Waals surface area contributed by atoms with Crippen LogP contribution < -0.4 is 14.2 Å². The average molecular weight is 428 g/mol. The summed E-state index contributed by atoms with van der Waals surface area (Å²) in [5, 5.41) is 11.8. The number of hydrogen-bond acceptors (Lipinski definition) is 7. The van der Waals surface area contributed by atoms with Gasteiger partial charge in [0.05, 0.1) is 25.9 Å². The smallest absolute Gasteiger partial charge is 0.319 e. The molecule has 1 saturated heterocycles. The molecule has 31 heavy (non-hydrogen) atoms. The maximum Gasteiger partial charge on any atom is 0.319 e. The first-order valence-electron chi connectivity index (χ1n) is 11.2. The van der Waals surface area contributed by atoms with Crippen LogP contribution in [0.15, 0.2) is 24.4 Å². The molecule has 1 aliphatic carbocycles. The van der Waals surface area contributed by atoms with Gasteiger partial charge in [-0.2, -0.15) is 4.98 Å². The number of fused-ring (bicyclic) bond motifs is 1. The lowest BCUT2D eigenvalue weighted by Crippen LogP contribution is -2.35. The first-order chi connectivity index (χ1) is 15.0. The number of hydrogen-bond donors (Lipinski definition) is 1. The Kier molecular flexibility index (Phi) is 6.34. The largest absolute Gasteiger partial charge is 0.496 e. The van der Waals surface area contributed by atoms with E-state index >= 15 is 0 Å². The van der Waals surface area contributed by atoms with Gasteiger partial charge >= 0.3 is 6.01 Å². The molecule has 2 heterocycles. The van der Waals surface area contributed by atoms with Crippen LogP contribution in [-0.4, -0.2) is 53.4 Å². The maximum absolute atomic E-state index is 11.8. The van der Waals surface area contributed by atoms with Gasteiger partial charge in [0, 0.05) is 37.3 Å². The predicted molar refractivity (Wildman–Crippen MR) is 117 cm³/mol. The summed E-state index contributed by atoms with van der Waals surface area (Å²) < 4.78 is 16.8. The van der Waals surface area contributed by atoms with Gasteiger partial charge in [0.25, 0.3) is 0 Å². The number of aliphatic hydroxyl groups is 1. The highest BCUT2D eigenvalue weighted by Crippen LogP contribution is 2.52. The molecule has 1 aromatic heterocycles. The van der Waals surface area contributed by atoms with Crippen LogP contribution in [0.2, 0.25) is 0 Å². The van der Waals surface area contributed by atoms with Crippen LogP contribution in [0.25, 0.3) is 0 Å². The first-order valence-corrected chi connectivity index (χ1v) is 11.2. The van der Waals surface area contributed by atoms with E-state index in [4.69, 9.17) is 14.2 Å². The zero-order chi connectivity index (χ0) is 22.0. The van der Waals surface area contributed by atoms with E-state index in [9.17, 15) is 5.11 Å². The molecule has 0 unspecified atom stereocenters. The van der Waals surface area contributed by atoms with Crippen molar-refractivity contribution in [2.45, 2.75) is 45.8 Å². The lowest BCUT2D eigenvalue weighted by Gasteiger charge is -2.31. The lowest BCUT2D eigenvalue weighted by atomic mass is 9.83. The SMILES string of the molecule is CCOc1ncc([C@]2(O)CC[C@@H]3CN(Cc4cc(C)ccc4OC)C[C@H]32)c(OCC)n1. The minimum absolute atomic E-state index is 0.115. The number of benzene rings is 1. The topological polar surface area (TPSA) is 76.9 Å². The molecule has 4 rings (SSSR count). The van der Waals surface area contributed by atoms with E-state index in [0.717, 1.165) is 31.8 Å². The Labute approximate surface area is 184 Å². The van der Waals surface area contributed by atoms with Gasteiger partial charge in [-0.25, -0.2) is 4.98 Å². The third-order valence-corrected chi connectivity index (χ3v) is 6.61. The van der Waals surface area contributed by atoms with Crippen molar-refractivity contribution in [3.05, 3.63) is 41.1 Å². The quantitative estimate of drug-likeness (QED) is 0.692. The summed E-state index contributed by atoms with van der Waals surface area (Å²) in [5.41, 5.74) is 2.09.